The van der Waals surface area contributed by atoms with Gasteiger partial charge in [0.25, 0.3) is 0 Å². The summed E-state index contributed by atoms with van der Waals surface area (Å²) in [5, 5.41) is 2.38. The van der Waals surface area contributed by atoms with Crippen LogP contribution in [0.5, 0.6) is 0 Å². The Labute approximate surface area is 138 Å². The fourth-order valence-electron chi connectivity index (χ4n) is 2.93. The molecule has 0 atom stereocenters. The average molecular weight is 334 g/mol. The molecule has 0 saturated carbocycles. The summed E-state index contributed by atoms with van der Waals surface area (Å²) >= 11 is 0. The Bertz CT molecular complexity index is 743. The van der Waals surface area contributed by atoms with Gasteiger partial charge in [-0.25, -0.2) is 0 Å². The molecule has 0 aliphatic carbocycles. The zero-order valence-corrected chi connectivity index (χ0v) is 12.9. The summed E-state index contributed by atoms with van der Waals surface area (Å²) in [5.41, 5.74) is 1.31. The van der Waals surface area contributed by atoms with E-state index in [1.54, 1.807) is 0 Å². The molecule has 0 saturated heterocycles. The Kier molecular flexibility index (Phi) is 4.46. The van der Waals surface area contributed by atoms with Crippen molar-refractivity contribution in [1.82, 2.24) is 0 Å². The number of benzene rings is 2. The number of carbonyl (C=O) groups is 1. The minimum Gasteiger partial charge on any atom is -0.370 e. The van der Waals surface area contributed by atoms with Crippen LogP contribution in [0.4, 0.5) is 24.5 Å². The molecule has 126 valence electrons. The predicted molar refractivity (Wildman–Crippen MR) is 87.0 cm³/mol. The van der Waals surface area contributed by atoms with Crippen molar-refractivity contribution >= 4 is 17.3 Å². The first kappa shape index (κ1) is 16.4. The highest BCUT2D eigenvalue weighted by Crippen LogP contribution is 2.34. The molecule has 0 aromatic heterocycles. The molecule has 1 aliphatic rings. The molecule has 1 N–H and O–H groups in total. The van der Waals surface area contributed by atoms with Gasteiger partial charge < -0.3 is 10.2 Å². The molecule has 6 heteroatoms. The number of rotatable bonds is 4. The molecule has 3 nitrogen and oxygen atoms in total. The van der Waals surface area contributed by atoms with Crippen molar-refractivity contribution in [2.24, 2.45) is 0 Å². The molecule has 3 rings (SSSR count). The number of hydrogen-bond acceptors (Lipinski definition) is 2. The van der Waals surface area contributed by atoms with Crippen molar-refractivity contribution in [3.8, 4) is 0 Å². The lowest BCUT2D eigenvalue weighted by Crippen LogP contribution is -2.26. The second-order valence-electron chi connectivity index (χ2n) is 5.71. The van der Waals surface area contributed by atoms with Crippen molar-refractivity contribution in [3.05, 3.63) is 59.7 Å². The van der Waals surface area contributed by atoms with E-state index >= 15 is 0 Å². The van der Waals surface area contributed by atoms with Crippen LogP contribution in [-0.2, 0) is 17.4 Å². The SMILES string of the molecule is O=C(CCN1CCc2ccccc21)Nc1ccccc1C(F)(F)F. The first-order chi connectivity index (χ1) is 11.4. The van der Waals surface area contributed by atoms with Gasteiger partial charge >= 0.3 is 6.18 Å². The number of hydrogen-bond donors (Lipinski definition) is 1. The van der Waals surface area contributed by atoms with E-state index in [2.05, 4.69) is 16.3 Å². The number of carbonyl (C=O) groups excluding carboxylic acids is 1. The summed E-state index contributed by atoms with van der Waals surface area (Å²) in [5.74, 6) is -0.420. The van der Waals surface area contributed by atoms with E-state index in [-0.39, 0.29) is 12.1 Å². The molecule has 0 unspecified atom stereocenters. The normalized spacial score (nSPS) is 13.7. The van der Waals surface area contributed by atoms with Crippen LogP contribution < -0.4 is 10.2 Å². The van der Waals surface area contributed by atoms with Crippen LogP contribution in [0.1, 0.15) is 17.5 Å². The highest BCUT2D eigenvalue weighted by molar-refractivity contribution is 5.92. The Hall–Kier alpha value is -2.50. The molecule has 0 bridgehead atoms. The fraction of sp³-hybridized carbons (Fsp3) is 0.278. The summed E-state index contributed by atoms with van der Waals surface area (Å²) in [6, 6.07) is 13.0. The smallest absolute Gasteiger partial charge is 0.370 e. The Balaban J connectivity index is 1.62. The van der Waals surface area contributed by atoms with Crippen LogP contribution in [0.15, 0.2) is 48.5 Å². The van der Waals surface area contributed by atoms with Crippen molar-refractivity contribution in [2.75, 3.05) is 23.3 Å². The van der Waals surface area contributed by atoms with E-state index < -0.39 is 17.6 Å². The molecule has 0 spiro atoms. The summed E-state index contributed by atoms with van der Waals surface area (Å²) in [6.07, 6.45) is -3.42. The van der Waals surface area contributed by atoms with Crippen LogP contribution in [0.25, 0.3) is 0 Å². The maximum absolute atomic E-state index is 12.9. The molecule has 0 radical (unpaired) electrons. The summed E-state index contributed by atoms with van der Waals surface area (Å²) in [4.78, 5) is 14.1. The third-order valence-corrected chi connectivity index (χ3v) is 4.10. The van der Waals surface area contributed by atoms with Gasteiger partial charge in [-0.3, -0.25) is 4.79 Å². The highest BCUT2D eigenvalue weighted by Gasteiger charge is 2.33. The molecule has 24 heavy (non-hydrogen) atoms. The van der Waals surface area contributed by atoms with Gasteiger partial charge in [-0.1, -0.05) is 30.3 Å². The van der Waals surface area contributed by atoms with Gasteiger partial charge in [0.1, 0.15) is 0 Å². The number of alkyl halides is 3. The maximum Gasteiger partial charge on any atom is 0.418 e. The van der Waals surface area contributed by atoms with Crippen LogP contribution in [0, 0.1) is 0 Å². The van der Waals surface area contributed by atoms with Crippen LogP contribution in [0.3, 0.4) is 0 Å². The number of para-hydroxylation sites is 2. The Morgan fingerprint density at radius 3 is 2.58 bits per heavy atom. The second-order valence-corrected chi connectivity index (χ2v) is 5.71. The van der Waals surface area contributed by atoms with E-state index in [0.29, 0.717) is 6.54 Å². The summed E-state index contributed by atoms with van der Waals surface area (Å²) in [7, 11) is 0. The van der Waals surface area contributed by atoms with Gasteiger partial charge in [0.15, 0.2) is 0 Å². The molecule has 1 heterocycles. The van der Waals surface area contributed by atoms with Crippen LogP contribution in [-0.4, -0.2) is 19.0 Å². The number of halogens is 3. The minimum absolute atomic E-state index is 0.139. The first-order valence-electron chi connectivity index (χ1n) is 7.74. The maximum atomic E-state index is 12.9. The monoisotopic (exact) mass is 334 g/mol. The second kappa shape index (κ2) is 6.55. The average Bonchev–Trinajstić information content (AvgIpc) is 2.96. The van der Waals surface area contributed by atoms with E-state index in [1.165, 1.54) is 23.8 Å². The lowest BCUT2D eigenvalue weighted by molar-refractivity contribution is -0.137. The van der Waals surface area contributed by atoms with Gasteiger partial charge in [0, 0.05) is 25.2 Å². The number of nitrogens with one attached hydrogen (secondary N) is 1. The number of anilines is 2. The van der Waals surface area contributed by atoms with Crippen LogP contribution in [0.2, 0.25) is 0 Å². The summed E-state index contributed by atoms with van der Waals surface area (Å²) < 4.78 is 38.8. The molecule has 0 fully saturated rings. The van der Waals surface area contributed by atoms with Crippen molar-refractivity contribution in [3.63, 3.8) is 0 Å². The standard InChI is InChI=1S/C18H17F3N2O/c19-18(20,21)14-6-2-3-7-15(14)22-17(24)10-12-23-11-9-13-5-1-4-8-16(13)23/h1-8H,9-12H2,(H,22,24). The molecule has 1 aliphatic heterocycles. The third kappa shape index (κ3) is 3.53. The van der Waals surface area contributed by atoms with Gasteiger partial charge in [-0.2, -0.15) is 13.2 Å². The van der Waals surface area contributed by atoms with Gasteiger partial charge in [-0.15, -0.1) is 0 Å². The van der Waals surface area contributed by atoms with Gasteiger partial charge in [0.2, 0.25) is 5.91 Å². The first-order valence-corrected chi connectivity index (χ1v) is 7.74. The largest absolute Gasteiger partial charge is 0.418 e. The number of nitrogens with zero attached hydrogens (tertiary/aromatic N) is 1. The van der Waals surface area contributed by atoms with E-state index in [1.807, 2.05) is 18.2 Å². The third-order valence-electron chi connectivity index (χ3n) is 4.10. The van der Waals surface area contributed by atoms with E-state index in [4.69, 9.17) is 0 Å². The van der Waals surface area contributed by atoms with E-state index in [0.717, 1.165) is 24.7 Å². The number of amides is 1. The lowest BCUT2D eigenvalue weighted by Gasteiger charge is -2.19. The van der Waals surface area contributed by atoms with E-state index in [9.17, 15) is 18.0 Å². The highest BCUT2D eigenvalue weighted by atomic mass is 19.4. The topological polar surface area (TPSA) is 32.3 Å². The van der Waals surface area contributed by atoms with Crippen molar-refractivity contribution in [1.29, 1.82) is 0 Å². The van der Waals surface area contributed by atoms with Crippen LogP contribution >= 0.6 is 0 Å². The molecule has 2 aromatic carbocycles. The summed E-state index contributed by atoms with van der Waals surface area (Å²) in [6.45, 7) is 1.31. The predicted octanol–water partition coefficient (Wildman–Crippen LogP) is 4.10. The molecular weight excluding hydrogens is 317 g/mol. The van der Waals surface area contributed by atoms with Crippen molar-refractivity contribution < 1.29 is 18.0 Å². The Morgan fingerprint density at radius 1 is 1.08 bits per heavy atom. The zero-order valence-electron chi connectivity index (χ0n) is 12.9. The molecular formula is C18H17F3N2O. The van der Waals surface area contributed by atoms with Crippen molar-refractivity contribution in [2.45, 2.75) is 19.0 Å². The Morgan fingerprint density at radius 2 is 1.79 bits per heavy atom. The van der Waals surface area contributed by atoms with Gasteiger partial charge in [-0.05, 0) is 30.2 Å². The number of fused-ring (bicyclic) bond motifs is 1. The lowest BCUT2D eigenvalue weighted by atomic mass is 10.1. The molecule has 2 aromatic rings. The molecule has 1 amide bonds. The quantitative estimate of drug-likeness (QED) is 0.913. The zero-order chi connectivity index (χ0) is 17.2. The van der Waals surface area contributed by atoms with Gasteiger partial charge in [0.05, 0.1) is 11.3 Å². The fourth-order valence-corrected chi connectivity index (χ4v) is 2.93. The minimum atomic E-state index is -4.49.